The fourth-order valence-electron chi connectivity index (χ4n) is 8.52. The van der Waals surface area contributed by atoms with Gasteiger partial charge in [-0.15, -0.1) is 0 Å². The molecule has 0 atom stereocenters. The Morgan fingerprint density at radius 3 is 1.69 bits per heavy atom. The standard InChI is InChI=1S/C13H22O2.C12H19NO/c1-2-13(9-12(14)15)10-5-3-6-11(13)8-4-7-10;14-11-7-12(8-13-11)9-3-1-4-10(12)6-2-5-9/h10-11H,2-9H2,1H3,(H,14,15);9-10H,1-8H2,(H,13,14). The van der Waals surface area contributed by atoms with Crippen LogP contribution in [0, 0.1) is 34.5 Å². The second kappa shape index (κ2) is 8.59. The van der Waals surface area contributed by atoms with Crippen LogP contribution in [-0.2, 0) is 9.59 Å². The fraction of sp³-hybridized carbons (Fsp3) is 0.920. The molecule has 0 aromatic rings. The number of hydrogen-bond acceptors (Lipinski definition) is 2. The minimum atomic E-state index is -0.587. The van der Waals surface area contributed by atoms with E-state index in [1.165, 1.54) is 77.0 Å². The van der Waals surface area contributed by atoms with E-state index in [9.17, 15) is 9.59 Å². The number of fused-ring (bicyclic) bond motifs is 2. The van der Waals surface area contributed by atoms with Gasteiger partial charge in [-0.05, 0) is 86.9 Å². The Morgan fingerprint density at radius 1 is 0.897 bits per heavy atom. The number of rotatable bonds is 3. The zero-order valence-electron chi connectivity index (χ0n) is 18.4. The summed E-state index contributed by atoms with van der Waals surface area (Å²) >= 11 is 0. The lowest BCUT2D eigenvalue weighted by atomic mass is 9.52. The summed E-state index contributed by atoms with van der Waals surface area (Å²) in [6, 6.07) is 0. The molecule has 0 unspecified atom stereocenters. The average Bonchev–Trinajstić information content (AvgIpc) is 3.02. The second-order valence-electron chi connectivity index (χ2n) is 10.9. The van der Waals surface area contributed by atoms with Crippen molar-refractivity contribution < 1.29 is 14.7 Å². The van der Waals surface area contributed by atoms with E-state index >= 15 is 0 Å². The van der Waals surface area contributed by atoms with Crippen LogP contribution in [0.3, 0.4) is 0 Å². The monoisotopic (exact) mass is 403 g/mol. The Kier molecular flexibility index (Phi) is 6.27. The van der Waals surface area contributed by atoms with E-state index in [1.54, 1.807) is 0 Å². The molecule has 1 aliphatic heterocycles. The summed E-state index contributed by atoms with van der Waals surface area (Å²) in [6.45, 7) is 3.18. The molecule has 0 radical (unpaired) electrons. The van der Waals surface area contributed by atoms with E-state index < -0.39 is 5.97 Å². The van der Waals surface area contributed by atoms with Crippen LogP contribution in [-0.4, -0.2) is 23.5 Å². The van der Waals surface area contributed by atoms with E-state index in [1.807, 2.05) is 0 Å². The number of amides is 1. The van der Waals surface area contributed by atoms with Gasteiger partial charge in [-0.2, -0.15) is 0 Å². The highest BCUT2D eigenvalue weighted by Gasteiger charge is 2.53. The van der Waals surface area contributed by atoms with Crippen LogP contribution in [0.2, 0.25) is 0 Å². The van der Waals surface area contributed by atoms with Gasteiger partial charge in [-0.1, -0.05) is 32.6 Å². The van der Waals surface area contributed by atoms with Gasteiger partial charge in [0.1, 0.15) is 0 Å². The van der Waals surface area contributed by atoms with Crippen molar-refractivity contribution in [3.63, 3.8) is 0 Å². The number of carboxylic acid groups (broad SMARTS) is 1. The van der Waals surface area contributed by atoms with E-state index in [0.29, 0.717) is 29.6 Å². The molecule has 5 fully saturated rings. The molecule has 164 valence electrons. The number of nitrogens with one attached hydrogen (secondary N) is 1. The van der Waals surface area contributed by atoms with Crippen molar-refractivity contribution in [2.75, 3.05) is 6.54 Å². The van der Waals surface area contributed by atoms with Gasteiger partial charge in [0.2, 0.25) is 5.91 Å². The zero-order chi connectivity index (χ0) is 20.5. The Morgan fingerprint density at radius 2 is 1.34 bits per heavy atom. The minimum absolute atomic E-state index is 0.155. The van der Waals surface area contributed by atoms with Crippen molar-refractivity contribution in [3.8, 4) is 0 Å². The van der Waals surface area contributed by atoms with Gasteiger partial charge < -0.3 is 10.4 Å². The Balaban J connectivity index is 0.000000141. The highest BCUT2D eigenvalue weighted by molar-refractivity contribution is 5.79. The summed E-state index contributed by atoms with van der Waals surface area (Å²) < 4.78 is 0. The zero-order valence-corrected chi connectivity index (χ0v) is 18.4. The first-order chi connectivity index (χ1) is 14.0. The molecule has 4 saturated carbocycles. The molecule has 5 aliphatic rings. The first kappa shape index (κ1) is 21.2. The van der Waals surface area contributed by atoms with Gasteiger partial charge in [0.25, 0.3) is 0 Å². The highest BCUT2D eigenvalue weighted by atomic mass is 16.4. The molecule has 29 heavy (non-hydrogen) atoms. The smallest absolute Gasteiger partial charge is 0.303 e. The molecule has 4 nitrogen and oxygen atoms in total. The van der Waals surface area contributed by atoms with Crippen LogP contribution in [0.5, 0.6) is 0 Å². The van der Waals surface area contributed by atoms with Crippen molar-refractivity contribution in [1.82, 2.24) is 5.32 Å². The second-order valence-corrected chi connectivity index (χ2v) is 10.9. The lowest BCUT2D eigenvalue weighted by Gasteiger charge is -2.52. The number of carbonyl (C=O) groups is 2. The first-order valence-corrected chi connectivity index (χ1v) is 12.5. The third-order valence-electron chi connectivity index (χ3n) is 9.92. The third-order valence-corrected chi connectivity index (χ3v) is 9.92. The molecule has 1 spiro atoms. The van der Waals surface area contributed by atoms with Gasteiger partial charge in [0.05, 0.1) is 6.42 Å². The van der Waals surface area contributed by atoms with Gasteiger partial charge in [0.15, 0.2) is 0 Å². The topological polar surface area (TPSA) is 66.4 Å². The molecular formula is C25H41NO3. The quantitative estimate of drug-likeness (QED) is 0.649. The molecule has 4 heteroatoms. The summed E-state index contributed by atoms with van der Waals surface area (Å²) in [5, 5.41) is 12.2. The van der Waals surface area contributed by atoms with Crippen LogP contribution in [0.25, 0.3) is 0 Å². The van der Waals surface area contributed by atoms with Crippen LogP contribution in [0.1, 0.15) is 103 Å². The summed E-state index contributed by atoms with van der Waals surface area (Å²) in [5.74, 6) is 2.83. The van der Waals surface area contributed by atoms with Crippen LogP contribution < -0.4 is 5.32 Å². The molecule has 5 rings (SSSR count). The van der Waals surface area contributed by atoms with Crippen LogP contribution in [0.15, 0.2) is 0 Å². The Bertz CT molecular complexity index is 571. The molecule has 0 aromatic carbocycles. The Hall–Kier alpha value is -1.06. The molecule has 1 saturated heterocycles. The molecule has 1 heterocycles. The maximum Gasteiger partial charge on any atom is 0.303 e. The average molecular weight is 404 g/mol. The summed E-state index contributed by atoms with van der Waals surface area (Å²) in [4.78, 5) is 22.5. The summed E-state index contributed by atoms with van der Waals surface area (Å²) in [6.07, 6.45) is 18.4. The molecular weight excluding hydrogens is 362 g/mol. The van der Waals surface area contributed by atoms with Crippen molar-refractivity contribution >= 4 is 11.9 Å². The lowest BCUT2D eigenvalue weighted by Crippen LogP contribution is -2.45. The van der Waals surface area contributed by atoms with Crippen LogP contribution in [0.4, 0.5) is 0 Å². The molecule has 4 bridgehead atoms. The summed E-state index contributed by atoms with van der Waals surface area (Å²) in [7, 11) is 0. The summed E-state index contributed by atoms with van der Waals surface area (Å²) in [5.41, 5.74) is 0.552. The molecule has 1 amide bonds. The number of hydrogen-bond donors (Lipinski definition) is 2. The van der Waals surface area contributed by atoms with E-state index in [4.69, 9.17) is 5.11 Å². The molecule has 4 aliphatic carbocycles. The minimum Gasteiger partial charge on any atom is -0.481 e. The SMILES string of the molecule is CCC1(CC(=O)O)C2CCCC1CCC2.O=C1CC2(CN1)C1CCCC2CCC1. The van der Waals surface area contributed by atoms with E-state index in [0.717, 1.165) is 31.2 Å². The van der Waals surface area contributed by atoms with E-state index in [-0.39, 0.29) is 5.41 Å². The van der Waals surface area contributed by atoms with Crippen molar-refractivity contribution in [3.05, 3.63) is 0 Å². The highest BCUT2D eigenvalue weighted by Crippen LogP contribution is 2.57. The lowest BCUT2D eigenvalue weighted by molar-refractivity contribution is -0.145. The molecule has 0 aromatic heterocycles. The van der Waals surface area contributed by atoms with Gasteiger partial charge in [-0.3, -0.25) is 9.59 Å². The maximum atomic E-state index is 11.4. The number of carboxylic acids is 1. The van der Waals surface area contributed by atoms with Crippen LogP contribution >= 0.6 is 0 Å². The predicted octanol–water partition coefficient (Wildman–Crippen LogP) is 5.55. The van der Waals surface area contributed by atoms with Gasteiger partial charge in [-0.25, -0.2) is 0 Å². The van der Waals surface area contributed by atoms with Gasteiger partial charge >= 0.3 is 5.97 Å². The number of carbonyl (C=O) groups excluding carboxylic acids is 1. The molecule has 2 N–H and O–H groups in total. The predicted molar refractivity (Wildman–Crippen MR) is 114 cm³/mol. The largest absolute Gasteiger partial charge is 0.481 e. The normalized spacial score (nSPS) is 43.3. The van der Waals surface area contributed by atoms with E-state index in [2.05, 4.69) is 12.2 Å². The van der Waals surface area contributed by atoms with Crippen molar-refractivity contribution in [1.29, 1.82) is 0 Å². The number of aliphatic carboxylic acids is 1. The first-order valence-electron chi connectivity index (χ1n) is 12.5. The van der Waals surface area contributed by atoms with Gasteiger partial charge in [0, 0.05) is 18.4 Å². The fourth-order valence-corrected chi connectivity index (χ4v) is 8.52. The Labute approximate surface area is 176 Å². The van der Waals surface area contributed by atoms with Crippen molar-refractivity contribution in [2.45, 2.75) is 103 Å². The van der Waals surface area contributed by atoms with Crippen molar-refractivity contribution in [2.24, 2.45) is 34.5 Å². The third kappa shape index (κ3) is 3.85. The maximum absolute atomic E-state index is 11.4.